The maximum atomic E-state index is 12.5. The summed E-state index contributed by atoms with van der Waals surface area (Å²) in [6.45, 7) is 0.590. The number of nitrogens with zero attached hydrogens (tertiary/aromatic N) is 1. The van der Waals surface area contributed by atoms with E-state index in [1.807, 2.05) is 6.07 Å². The van der Waals surface area contributed by atoms with Crippen LogP contribution in [0.25, 0.3) is 0 Å². The molecular formula is C13H13Br2N3O2S. The quantitative estimate of drug-likeness (QED) is 0.758. The Kier molecular flexibility index (Phi) is 5.37. The third-order valence-corrected chi connectivity index (χ3v) is 5.45. The molecule has 21 heavy (non-hydrogen) atoms. The van der Waals surface area contributed by atoms with Gasteiger partial charge in [-0.05, 0) is 68.7 Å². The van der Waals surface area contributed by atoms with Crippen molar-refractivity contribution in [3.05, 3.63) is 51.0 Å². The van der Waals surface area contributed by atoms with Crippen LogP contribution >= 0.6 is 31.9 Å². The molecule has 0 radical (unpaired) electrons. The number of sulfonamides is 1. The van der Waals surface area contributed by atoms with Gasteiger partial charge in [0.15, 0.2) is 0 Å². The molecular weight excluding hydrogens is 422 g/mol. The minimum atomic E-state index is -3.70. The predicted octanol–water partition coefficient (Wildman–Crippen LogP) is 3.13. The molecule has 0 saturated carbocycles. The summed E-state index contributed by atoms with van der Waals surface area (Å²) in [7, 11) is -1.89. The van der Waals surface area contributed by atoms with Gasteiger partial charge in [-0.1, -0.05) is 6.07 Å². The second-order valence-corrected chi connectivity index (χ2v) is 7.68. The number of nitrogens with one attached hydrogen (secondary N) is 2. The summed E-state index contributed by atoms with van der Waals surface area (Å²) in [6, 6.07) is 8.51. The fraction of sp³-hybridized carbons (Fsp3) is 0.154. The fourth-order valence-corrected chi connectivity index (χ4v) is 3.95. The second-order valence-electron chi connectivity index (χ2n) is 4.26. The Bertz CT molecular complexity index is 734. The molecule has 0 saturated heterocycles. The first-order valence-corrected chi connectivity index (χ1v) is 9.07. The van der Waals surface area contributed by atoms with Gasteiger partial charge < -0.3 is 5.32 Å². The molecule has 0 atom stereocenters. The summed E-state index contributed by atoms with van der Waals surface area (Å²) in [6.07, 6.45) is 1.53. The van der Waals surface area contributed by atoms with Crippen LogP contribution in [0.15, 0.2) is 50.4 Å². The van der Waals surface area contributed by atoms with Crippen LogP contribution in [0.3, 0.4) is 0 Å². The molecule has 0 spiro atoms. The van der Waals surface area contributed by atoms with Gasteiger partial charge in [-0.3, -0.25) is 4.72 Å². The van der Waals surface area contributed by atoms with E-state index in [0.717, 1.165) is 10.0 Å². The Balaban J connectivity index is 2.34. The lowest BCUT2D eigenvalue weighted by Gasteiger charge is -2.10. The molecule has 1 aromatic carbocycles. The van der Waals surface area contributed by atoms with Crippen molar-refractivity contribution >= 4 is 47.7 Å². The lowest BCUT2D eigenvalue weighted by molar-refractivity contribution is 0.600. The Morgan fingerprint density at radius 2 is 1.95 bits per heavy atom. The Labute approximate surface area is 140 Å². The third-order valence-electron chi connectivity index (χ3n) is 2.63. The van der Waals surface area contributed by atoms with E-state index in [4.69, 9.17) is 0 Å². The molecule has 0 bridgehead atoms. The van der Waals surface area contributed by atoms with Gasteiger partial charge >= 0.3 is 0 Å². The smallest absolute Gasteiger partial charge is 0.264 e. The summed E-state index contributed by atoms with van der Waals surface area (Å²) in [5.74, 6) is 0.268. The van der Waals surface area contributed by atoms with E-state index in [1.54, 1.807) is 31.3 Å². The normalized spacial score (nSPS) is 11.4. The average Bonchev–Trinajstić information content (AvgIpc) is 2.43. The highest BCUT2D eigenvalue weighted by Crippen LogP contribution is 2.25. The van der Waals surface area contributed by atoms with Gasteiger partial charge in [0.05, 0.1) is 0 Å². The first-order valence-electron chi connectivity index (χ1n) is 6.00. The van der Waals surface area contributed by atoms with Crippen LogP contribution < -0.4 is 10.0 Å². The van der Waals surface area contributed by atoms with Crippen LogP contribution in [0.1, 0.15) is 5.56 Å². The molecule has 0 unspecified atom stereocenters. The van der Waals surface area contributed by atoms with E-state index in [1.165, 1.54) is 6.20 Å². The molecule has 0 aliphatic rings. The van der Waals surface area contributed by atoms with Crippen LogP contribution in [0.5, 0.6) is 0 Å². The summed E-state index contributed by atoms with van der Waals surface area (Å²) < 4.78 is 28.6. The zero-order valence-electron chi connectivity index (χ0n) is 11.1. The number of pyridine rings is 1. The largest absolute Gasteiger partial charge is 0.316 e. The van der Waals surface area contributed by atoms with Gasteiger partial charge in [0.1, 0.15) is 10.7 Å². The number of rotatable bonds is 5. The zero-order chi connectivity index (χ0) is 15.5. The van der Waals surface area contributed by atoms with Crippen molar-refractivity contribution in [2.75, 3.05) is 11.8 Å². The Morgan fingerprint density at radius 1 is 1.19 bits per heavy atom. The molecule has 0 amide bonds. The van der Waals surface area contributed by atoms with E-state index in [0.29, 0.717) is 11.0 Å². The van der Waals surface area contributed by atoms with Crippen molar-refractivity contribution in [3.8, 4) is 0 Å². The SMILES string of the molecule is CNCc1ccc(Br)c(S(=O)(=O)Nc2ccc(Br)cn2)c1. The van der Waals surface area contributed by atoms with Crippen molar-refractivity contribution in [1.29, 1.82) is 0 Å². The van der Waals surface area contributed by atoms with Crippen molar-refractivity contribution in [1.82, 2.24) is 10.3 Å². The van der Waals surface area contributed by atoms with Crippen molar-refractivity contribution in [2.45, 2.75) is 11.4 Å². The molecule has 0 aliphatic carbocycles. The zero-order valence-corrected chi connectivity index (χ0v) is 15.1. The van der Waals surface area contributed by atoms with Crippen molar-refractivity contribution < 1.29 is 8.42 Å². The van der Waals surface area contributed by atoms with Crippen LogP contribution in [0.2, 0.25) is 0 Å². The van der Waals surface area contributed by atoms with E-state index < -0.39 is 10.0 Å². The summed E-state index contributed by atoms with van der Waals surface area (Å²) in [4.78, 5) is 4.19. The first kappa shape index (κ1) is 16.4. The number of aromatic nitrogens is 1. The minimum absolute atomic E-state index is 0.181. The molecule has 0 fully saturated rings. The highest BCUT2D eigenvalue weighted by molar-refractivity contribution is 9.10. The lowest BCUT2D eigenvalue weighted by Crippen LogP contribution is -2.15. The maximum Gasteiger partial charge on any atom is 0.264 e. The van der Waals surface area contributed by atoms with Crippen LogP contribution in [-0.4, -0.2) is 20.4 Å². The van der Waals surface area contributed by atoms with Crippen molar-refractivity contribution in [3.63, 3.8) is 0 Å². The first-order chi connectivity index (χ1) is 9.92. The minimum Gasteiger partial charge on any atom is -0.316 e. The van der Waals surface area contributed by atoms with Gasteiger partial charge in [-0.15, -0.1) is 0 Å². The maximum absolute atomic E-state index is 12.5. The van der Waals surface area contributed by atoms with Crippen LogP contribution in [-0.2, 0) is 16.6 Å². The Hall–Kier alpha value is -0.960. The van der Waals surface area contributed by atoms with Gasteiger partial charge in [0.25, 0.3) is 10.0 Å². The number of halogens is 2. The number of hydrogen-bond acceptors (Lipinski definition) is 4. The predicted molar refractivity (Wildman–Crippen MR) is 89.7 cm³/mol. The van der Waals surface area contributed by atoms with Gasteiger partial charge in [0, 0.05) is 21.7 Å². The van der Waals surface area contributed by atoms with Crippen LogP contribution in [0.4, 0.5) is 5.82 Å². The number of anilines is 1. The number of hydrogen-bond donors (Lipinski definition) is 2. The third kappa shape index (κ3) is 4.26. The molecule has 1 heterocycles. The van der Waals surface area contributed by atoms with Gasteiger partial charge in [0.2, 0.25) is 0 Å². The molecule has 2 N–H and O–H groups in total. The monoisotopic (exact) mass is 433 g/mol. The Morgan fingerprint density at radius 3 is 2.57 bits per heavy atom. The number of benzene rings is 1. The molecule has 1 aromatic heterocycles. The summed E-state index contributed by atoms with van der Waals surface area (Å²) >= 11 is 6.53. The molecule has 2 aromatic rings. The van der Waals surface area contributed by atoms with Gasteiger partial charge in [-0.25, -0.2) is 13.4 Å². The van der Waals surface area contributed by atoms with Gasteiger partial charge in [-0.2, -0.15) is 0 Å². The summed E-state index contributed by atoms with van der Waals surface area (Å²) in [5, 5.41) is 2.99. The van der Waals surface area contributed by atoms with E-state index >= 15 is 0 Å². The molecule has 8 heteroatoms. The average molecular weight is 435 g/mol. The van der Waals surface area contributed by atoms with Crippen molar-refractivity contribution in [2.24, 2.45) is 0 Å². The highest BCUT2D eigenvalue weighted by Gasteiger charge is 2.18. The van der Waals surface area contributed by atoms with E-state index in [-0.39, 0.29) is 10.7 Å². The molecule has 5 nitrogen and oxygen atoms in total. The van der Waals surface area contributed by atoms with E-state index in [9.17, 15) is 8.42 Å². The molecule has 0 aliphatic heterocycles. The highest BCUT2D eigenvalue weighted by atomic mass is 79.9. The molecule has 112 valence electrons. The van der Waals surface area contributed by atoms with Crippen LogP contribution in [0, 0.1) is 0 Å². The lowest BCUT2D eigenvalue weighted by atomic mass is 10.2. The standard InChI is InChI=1S/C13H13Br2N3O2S/c1-16-7-9-2-4-11(15)12(6-9)21(19,20)18-13-5-3-10(14)8-17-13/h2-6,8,16H,7H2,1H3,(H,17,18). The summed E-state index contributed by atoms with van der Waals surface area (Å²) in [5.41, 5.74) is 0.879. The second kappa shape index (κ2) is 6.87. The fourth-order valence-electron chi connectivity index (χ4n) is 1.70. The molecule has 2 rings (SSSR count). The van der Waals surface area contributed by atoms with E-state index in [2.05, 4.69) is 46.9 Å². The topological polar surface area (TPSA) is 71.1 Å².